The van der Waals surface area contributed by atoms with Gasteiger partial charge in [-0.3, -0.25) is 0 Å². The van der Waals surface area contributed by atoms with Gasteiger partial charge in [0.05, 0.1) is 17.7 Å². The quantitative estimate of drug-likeness (QED) is 0.712. The fourth-order valence-corrected chi connectivity index (χ4v) is 1.96. The number of carbonyl (C=O) groups is 1. The standard InChI is InChI=1S/C7H7N5O2S/c1-14-7(13)5-3(8)2-4(15-5)6-9-11-12-10-6/h2H,8H2,1H3,(H,9,10,11,12). The molecule has 0 atom stereocenters. The molecule has 0 radical (unpaired) electrons. The summed E-state index contributed by atoms with van der Waals surface area (Å²) in [5.41, 5.74) is 6.00. The molecular weight excluding hydrogens is 218 g/mol. The molecule has 2 rings (SSSR count). The maximum atomic E-state index is 11.3. The third-order valence-electron chi connectivity index (χ3n) is 1.70. The van der Waals surface area contributed by atoms with Crippen molar-refractivity contribution >= 4 is 23.0 Å². The molecule has 2 heterocycles. The number of carbonyl (C=O) groups excluding carboxylic acids is 1. The van der Waals surface area contributed by atoms with E-state index in [1.165, 1.54) is 18.4 Å². The van der Waals surface area contributed by atoms with E-state index in [2.05, 4.69) is 25.4 Å². The van der Waals surface area contributed by atoms with Gasteiger partial charge in [-0.1, -0.05) is 0 Å². The van der Waals surface area contributed by atoms with E-state index >= 15 is 0 Å². The lowest BCUT2D eigenvalue weighted by Gasteiger charge is -1.94. The monoisotopic (exact) mass is 225 g/mol. The van der Waals surface area contributed by atoms with Gasteiger partial charge in [0, 0.05) is 0 Å². The van der Waals surface area contributed by atoms with Gasteiger partial charge < -0.3 is 10.5 Å². The molecule has 8 heteroatoms. The predicted molar refractivity (Wildman–Crippen MR) is 53.2 cm³/mol. The number of H-pyrrole nitrogens is 1. The van der Waals surface area contributed by atoms with Gasteiger partial charge in [0.2, 0.25) is 5.82 Å². The maximum Gasteiger partial charge on any atom is 0.350 e. The number of nitrogens with zero attached hydrogens (tertiary/aromatic N) is 3. The summed E-state index contributed by atoms with van der Waals surface area (Å²) in [5, 5.41) is 13.3. The molecule has 0 saturated heterocycles. The van der Waals surface area contributed by atoms with Crippen LogP contribution in [0.3, 0.4) is 0 Å². The molecule has 78 valence electrons. The normalized spacial score (nSPS) is 10.2. The highest BCUT2D eigenvalue weighted by Crippen LogP contribution is 2.31. The van der Waals surface area contributed by atoms with Crippen LogP contribution < -0.4 is 5.73 Å². The first-order valence-electron chi connectivity index (χ1n) is 3.94. The van der Waals surface area contributed by atoms with Crippen molar-refractivity contribution in [2.24, 2.45) is 0 Å². The molecule has 0 spiro atoms. The number of tetrazole rings is 1. The first kappa shape index (κ1) is 9.59. The molecule has 2 aromatic heterocycles. The molecular formula is C7H7N5O2S. The summed E-state index contributed by atoms with van der Waals surface area (Å²) in [6, 6.07) is 1.61. The van der Waals surface area contributed by atoms with Crippen LogP contribution in [0.4, 0.5) is 5.69 Å². The maximum absolute atomic E-state index is 11.3. The van der Waals surface area contributed by atoms with Crippen LogP contribution in [0.1, 0.15) is 9.67 Å². The molecule has 0 amide bonds. The summed E-state index contributed by atoms with van der Waals surface area (Å²) >= 11 is 1.17. The summed E-state index contributed by atoms with van der Waals surface area (Å²) in [6.07, 6.45) is 0. The summed E-state index contributed by atoms with van der Waals surface area (Å²) in [7, 11) is 1.30. The van der Waals surface area contributed by atoms with E-state index in [0.29, 0.717) is 21.3 Å². The molecule has 15 heavy (non-hydrogen) atoms. The molecule has 0 aliphatic carbocycles. The molecule has 3 N–H and O–H groups in total. The zero-order valence-corrected chi connectivity index (χ0v) is 8.54. The lowest BCUT2D eigenvalue weighted by Crippen LogP contribution is -2.00. The molecule has 0 aliphatic heterocycles. The first-order chi connectivity index (χ1) is 7.22. The van der Waals surface area contributed by atoms with E-state index in [1.54, 1.807) is 6.07 Å². The molecule has 0 saturated carbocycles. The Morgan fingerprint density at radius 2 is 2.47 bits per heavy atom. The summed E-state index contributed by atoms with van der Waals surface area (Å²) < 4.78 is 4.58. The molecule has 0 aromatic carbocycles. The van der Waals surface area contributed by atoms with E-state index in [1.807, 2.05) is 0 Å². The third kappa shape index (κ3) is 1.66. The number of nitrogens with two attached hydrogens (primary N) is 1. The van der Waals surface area contributed by atoms with Crippen LogP contribution >= 0.6 is 11.3 Å². The molecule has 7 nitrogen and oxygen atoms in total. The summed E-state index contributed by atoms with van der Waals surface area (Å²) in [5.74, 6) is -0.0610. The van der Waals surface area contributed by atoms with Gasteiger partial charge in [-0.25, -0.2) is 4.79 Å². The van der Waals surface area contributed by atoms with Crippen LogP contribution in [0.15, 0.2) is 6.07 Å². The Balaban J connectivity index is 2.41. The second-order valence-electron chi connectivity index (χ2n) is 2.62. The number of nitrogen functional groups attached to an aromatic ring is 1. The fourth-order valence-electron chi connectivity index (χ4n) is 1.03. The van der Waals surface area contributed by atoms with E-state index in [0.717, 1.165) is 0 Å². The van der Waals surface area contributed by atoms with Crippen LogP contribution in [-0.2, 0) is 4.74 Å². The number of ether oxygens (including phenoxy) is 1. The van der Waals surface area contributed by atoms with Gasteiger partial charge in [-0.15, -0.1) is 21.5 Å². The highest BCUT2D eigenvalue weighted by Gasteiger charge is 2.17. The number of esters is 1. The van der Waals surface area contributed by atoms with Crippen LogP contribution in [0.2, 0.25) is 0 Å². The van der Waals surface area contributed by atoms with Crippen molar-refractivity contribution in [2.75, 3.05) is 12.8 Å². The zero-order chi connectivity index (χ0) is 10.8. The smallest absolute Gasteiger partial charge is 0.350 e. The minimum absolute atomic E-state index is 0.345. The van der Waals surface area contributed by atoms with Gasteiger partial charge in [0.15, 0.2) is 0 Å². The van der Waals surface area contributed by atoms with Crippen molar-refractivity contribution in [3.8, 4) is 10.7 Å². The predicted octanol–water partition coefficient (Wildman–Crippen LogP) is 0.297. The molecule has 2 aromatic rings. The average molecular weight is 225 g/mol. The molecule has 0 bridgehead atoms. The number of anilines is 1. The molecule has 0 aliphatic rings. The van der Waals surface area contributed by atoms with Crippen molar-refractivity contribution in [1.82, 2.24) is 20.6 Å². The third-order valence-corrected chi connectivity index (χ3v) is 2.82. The summed E-state index contributed by atoms with van der Waals surface area (Å²) in [6.45, 7) is 0. The number of thiophene rings is 1. The minimum Gasteiger partial charge on any atom is -0.465 e. The van der Waals surface area contributed by atoms with Gasteiger partial charge in [0.25, 0.3) is 0 Å². The number of aromatic nitrogens is 4. The van der Waals surface area contributed by atoms with Crippen molar-refractivity contribution in [1.29, 1.82) is 0 Å². The number of rotatable bonds is 2. The number of methoxy groups -OCH3 is 1. The van der Waals surface area contributed by atoms with E-state index in [9.17, 15) is 4.79 Å². The molecule has 0 unspecified atom stereocenters. The second-order valence-corrected chi connectivity index (χ2v) is 3.67. The van der Waals surface area contributed by atoms with Crippen LogP contribution in [0.5, 0.6) is 0 Å². The first-order valence-corrected chi connectivity index (χ1v) is 4.75. The van der Waals surface area contributed by atoms with E-state index in [-0.39, 0.29) is 0 Å². The number of hydrogen-bond acceptors (Lipinski definition) is 7. The summed E-state index contributed by atoms with van der Waals surface area (Å²) in [4.78, 5) is 12.3. The van der Waals surface area contributed by atoms with E-state index < -0.39 is 5.97 Å². The van der Waals surface area contributed by atoms with Crippen LogP contribution in [0.25, 0.3) is 10.7 Å². The Labute approximate surface area is 88.2 Å². The number of aromatic amines is 1. The Hall–Kier alpha value is -1.96. The highest BCUT2D eigenvalue weighted by molar-refractivity contribution is 7.17. The van der Waals surface area contributed by atoms with Crippen LogP contribution in [-0.4, -0.2) is 33.7 Å². The lowest BCUT2D eigenvalue weighted by molar-refractivity contribution is 0.0607. The van der Waals surface area contributed by atoms with Gasteiger partial charge >= 0.3 is 5.97 Å². The molecule has 0 fully saturated rings. The Morgan fingerprint density at radius 3 is 3.07 bits per heavy atom. The SMILES string of the molecule is COC(=O)c1sc(-c2nn[nH]n2)cc1N. The Morgan fingerprint density at radius 1 is 1.67 bits per heavy atom. The minimum atomic E-state index is -0.466. The van der Waals surface area contributed by atoms with Crippen molar-refractivity contribution in [2.45, 2.75) is 0 Å². The fraction of sp³-hybridized carbons (Fsp3) is 0.143. The lowest BCUT2D eigenvalue weighted by atomic mass is 10.3. The largest absolute Gasteiger partial charge is 0.465 e. The van der Waals surface area contributed by atoms with Gasteiger partial charge in [-0.2, -0.15) is 5.21 Å². The Kier molecular flexibility index (Phi) is 2.34. The van der Waals surface area contributed by atoms with Gasteiger partial charge in [0.1, 0.15) is 4.88 Å². The average Bonchev–Trinajstić information content (AvgIpc) is 2.84. The highest BCUT2D eigenvalue weighted by atomic mass is 32.1. The second kappa shape index (κ2) is 3.65. The Bertz CT molecular complexity index is 478. The van der Waals surface area contributed by atoms with Crippen molar-refractivity contribution in [3.05, 3.63) is 10.9 Å². The van der Waals surface area contributed by atoms with Crippen molar-refractivity contribution in [3.63, 3.8) is 0 Å². The number of hydrogen-bond donors (Lipinski definition) is 2. The zero-order valence-electron chi connectivity index (χ0n) is 7.72. The van der Waals surface area contributed by atoms with Crippen LogP contribution in [0, 0.1) is 0 Å². The van der Waals surface area contributed by atoms with Gasteiger partial charge in [-0.05, 0) is 11.3 Å². The van der Waals surface area contributed by atoms with Crippen molar-refractivity contribution < 1.29 is 9.53 Å². The topological polar surface area (TPSA) is 107 Å². The number of nitrogens with one attached hydrogen (secondary N) is 1. The van der Waals surface area contributed by atoms with E-state index in [4.69, 9.17) is 5.73 Å².